The number of amides is 1. The fourth-order valence-corrected chi connectivity index (χ4v) is 4.64. The van der Waals surface area contributed by atoms with Crippen molar-refractivity contribution >= 4 is 16.8 Å². The van der Waals surface area contributed by atoms with Gasteiger partial charge < -0.3 is 9.64 Å². The lowest BCUT2D eigenvalue weighted by molar-refractivity contribution is 0.0710. The zero-order chi connectivity index (χ0) is 23.1. The Bertz CT molecular complexity index is 1380. The first-order chi connectivity index (χ1) is 16.0. The first-order valence-electron chi connectivity index (χ1n) is 11.0. The van der Waals surface area contributed by atoms with Crippen LogP contribution in [0.15, 0.2) is 53.3 Å². The number of fused-ring (bicyclic) bond motifs is 1. The predicted molar refractivity (Wildman–Crippen MR) is 124 cm³/mol. The summed E-state index contributed by atoms with van der Waals surface area (Å²) in [5, 5.41) is 9.86. The van der Waals surface area contributed by atoms with Crippen molar-refractivity contribution in [2.45, 2.75) is 18.8 Å². The first kappa shape index (κ1) is 21.0. The minimum Gasteiger partial charge on any atom is -0.481 e. The van der Waals surface area contributed by atoms with E-state index in [9.17, 15) is 9.59 Å². The molecule has 1 aliphatic heterocycles. The molecule has 0 aliphatic carbocycles. The lowest BCUT2D eigenvalue weighted by Crippen LogP contribution is -2.38. The summed E-state index contributed by atoms with van der Waals surface area (Å²) in [5.74, 6) is 1.51. The molecule has 0 unspecified atom stereocenters. The third kappa shape index (κ3) is 3.59. The molecule has 0 radical (unpaired) electrons. The number of aromatic nitrogens is 5. The van der Waals surface area contributed by atoms with Crippen LogP contribution in [0.1, 0.15) is 34.9 Å². The zero-order valence-electron chi connectivity index (χ0n) is 18.9. The Kier molecular flexibility index (Phi) is 5.24. The van der Waals surface area contributed by atoms with Crippen molar-refractivity contribution in [1.29, 1.82) is 0 Å². The van der Waals surface area contributed by atoms with Crippen LogP contribution >= 0.6 is 0 Å². The molecule has 4 aromatic rings. The summed E-state index contributed by atoms with van der Waals surface area (Å²) in [5.41, 5.74) is 1.99. The van der Waals surface area contributed by atoms with E-state index < -0.39 is 0 Å². The second-order valence-corrected chi connectivity index (χ2v) is 8.37. The van der Waals surface area contributed by atoms with E-state index in [0.29, 0.717) is 24.5 Å². The molecule has 2 aromatic carbocycles. The van der Waals surface area contributed by atoms with Crippen molar-refractivity contribution in [3.05, 3.63) is 70.4 Å². The average molecular weight is 447 g/mol. The number of carbonyl (C=O) groups excluding carboxylic acids is 1. The summed E-state index contributed by atoms with van der Waals surface area (Å²) in [6, 6.07) is 15.1. The van der Waals surface area contributed by atoms with Crippen LogP contribution in [0.3, 0.4) is 0 Å². The van der Waals surface area contributed by atoms with Crippen LogP contribution in [-0.4, -0.2) is 55.1 Å². The highest BCUT2D eigenvalue weighted by Gasteiger charge is 2.29. The van der Waals surface area contributed by atoms with Crippen molar-refractivity contribution in [2.24, 2.45) is 14.1 Å². The molecule has 1 saturated heterocycles. The van der Waals surface area contributed by atoms with E-state index in [-0.39, 0.29) is 17.5 Å². The van der Waals surface area contributed by atoms with E-state index in [0.717, 1.165) is 35.3 Å². The SMILES string of the molecule is COc1c2ccc(C(=O)N3CCC(c4nn(C)c(=O)n4-c4ccccc4)CC3)cc2nn1C. The van der Waals surface area contributed by atoms with Gasteiger partial charge in [-0.25, -0.2) is 18.7 Å². The molecule has 1 fully saturated rings. The highest BCUT2D eigenvalue weighted by Crippen LogP contribution is 2.30. The molecular formula is C24H26N6O3. The molecule has 33 heavy (non-hydrogen) atoms. The maximum atomic E-state index is 13.2. The summed E-state index contributed by atoms with van der Waals surface area (Å²) in [6.07, 6.45) is 1.49. The van der Waals surface area contributed by atoms with Crippen molar-refractivity contribution in [3.8, 4) is 11.6 Å². The topological polar surface area (TPSA) is 87.2 Å². The summed E-state index contributed by atoms with van der Waals surface area (Å²) < 4.78 is 10.1. The number of carbonyl (C=O) groups is 1. The van der Waals surface area contributed by atoms with Crippen LogP contribution in [0.5, 0.6) is 5.88 Å². The first-order valence-corrected chi connectivity index (χ1v) is 11.0. The molecule has 1 aliphatic rings. The van der Waals surface area contributed by atoms with Crippen LogP contribution in [-0.2, 0) is 14.1 Å². The van der Waals surface area contributed by atoms with Gasteiger partial charge in [0.1, 0.15) is 5.82 Å². The summed E-state index contributed by atoms with van der Waals surface area (Å²) >= 11 is 0. The van der Waals surface area contributed by atoms with Gasteiger partial charge in [0.15, 0.2) is 0 Å². The Morgan fingerprint density at radius 3 is 2.42 bits per heavy atom. The van der Waals surface area contributed by atoms with Crippen LogP contribution in [0, 0.1) is 0 Å². The second kappa shape index (κ2) is 8.23. The van der Waals surface area contributed by atoms with E-state index >= 15 is 0 Å². The Morgan fingerprint density at radius 2 is 1.73 bits per heavy atom. The van der Waals surface area contributed by atoms with Gasteiger partial charge in [0.25, 0.3) is 5.91 Å². The Balaban J connectivity index is 1.35. The number of para-hydroxylation sites is 1. The molecule has 1 amide bonds. The van der Waals surface area contributed by atoms with Crippen molar-refractivity contribution in [2.75, 3.05) is 20.2 Å². The number of benzene rings is 2. The summed E-state index contributed by atoms with van der Waals surface area (Å²) in [4.78, 5) is 27.8. The summed E-state index contributed by atoms with van der Waals surface area (Å²) in [7, 11) is 5.10. The van der Waals surface area contributed by atoms with Crippen LogP contribution < -0.4 is 10.4 Å². The molecule has 2 aromatic heterocycles. The molecule has 0 bridgehead atoms. The molecule has 170 valence electrons. The maximum Gasteiger partial charge on any atom is 0.350 e. The fourth-order valence-electron chi connectivity index (χ4n) is 4.64. The van der Waals surface area contributed by atoms with Gasteiger partial charge in [-0.15, -0.1) is 0 Å². The van der Waals surface area contributed by atoms with Gasteiger partial charge in [0, 0.05) is 38.7 Å². The molecule has 0 atom stereocenters. The number of piperidine rings is 1. The molecule has 5 rings (SSSR count). The van der Waals surface area contributed by atoms with Crippen molar-refractivity contribution < 1.29 is 9.53 Å². The Morgan fingerprint density at radius 1 is 1.00 bits per heavy atom. The van der Waals surface area contributed by atoms with E-state index in [1.807, 2.05) is 60.5 Å². The number of methoxy groups -OCH3 is 1. The van der Waals surface area contributed by atoms with E-state index in [4.69, 9.17) is 4.74 Å². The van der Waals surface area contributed by atoms with Crippen molar-refractivity contribution in [3.63, 3.8) is 0 Å². The lowest BCUT2D eigenvalue weighted by Gasteiger charge is -2.31. The fraction of sp³-hybridized carbons (Fsp3) is 0.333. The van der Waals surface area contributed by atoms with Crippen LogP contribution in [0.4, 0.5) is 0 Å². The number of likely N-dealkylation sites (tertiary alicyclic amines) is 1. The third-order valence-electron chi connectivity index (χ3n) is 6.33. The van der Waals surface area contributed by atoms with E-state index in [2.05, 4.69) is 10.2 Å². The van der Waals surface area contributed by atoms with E-state index in [1.54, 1.807) is 23.4 Å². The number of hydrogen-bond donors (Lipinski definition) is 0. The standard InChI is InChI=1S/C24H26N6O3/c1-27-23(33-3)19-10-9-17(15-20(19)25-27)22(31)29-13-11-16(12-14-29)21-26-28(2)24(32)30(21)18-7-5-4-6-8-18/h4-10,15-16H,11-14H2,1-3H3. The predicted octanol–water partition coefficient (Wildman–Crippen LogP) is 2.49. The number of nitrogens with zero attached hydrogens (tertiary/aromatic N) is 6. The monoisotopic (exact) mass is 446 g/mol. The van der Waals surface area contributed by atoms with Gasteiger partial charge in [-0.1, -0.05) is 18.2 Å². The molecule has 9 heteroatoms. The van der Waals surface area contributed by atoms with Gasteiger partial charge in [-0.3, -0.25) is 4.79 Å². The van der Waals surface area contributed by atoms with Crippen LogP contribution in [0.25, 0.3) is 16.6 Å². The lowest BCUT2D eigenvalue weighted by atomic mass is 9.95. The van der Waals surface area contributed by atoms with Gasteiger partial charge >= 0.3 is 5.69 Å². The zero-order valence-corrected chi connectivity index (χ0v) is 18.9. The molecule has 3 heterocycles. The number of ether oxygens (including phenoxy) is 1. The molecular weight excluding hydrogens is 420 g/mol. The quantitative estimate of drug-likeness (QED) is 0.481. The van der Waals surface area contributed by atoms with Gasteiger partial charge in [-0.2, -0.15) is 10.2 Å². The maximum absolute atomic E-state index is 13.2. The third-order valence-corrected chi connectivity index (χ3v) is 6.33. The molecule has 9 nitrogen and oxygen atoms in total. The highest BCUT2D eigenvalue weighted by molar-refractivity contribution is 5.98. The highest BCUT2D eigenvalue weighted by atomic mass is 16.5. The summed E-state index contributed by atoms with van der Waals surface area (Å²) in [6.45, 7) is 1.21. The number of aryl methyl sites for hydroxylation is 2. The molecule has 0 saturated carbocycles. The minimum absolute atomic E-state index is 0.0126. The van der Waals surface area contributed by atoms with Gasteiger partial charge in [-0.05, 0) is 43.2 Å². The number of rotatable bonds is 4. The normalized spacial score (nSPS) is 14.7. The van der Waals surface area contributed by atoms with E-state index in [1.165, 1.54) is 4.68 Å². The van der Waals surface area contributed by atoms with Crippen LogP contribution in [0.2, 0.25) is 0 Å². The molecule has 0 spiro atoms. The largest absolute Gasteiger partial charge is 0.481 e. The minimum atomic E-state index is -0.159. The van der Waals surface area contributed by atoms with Gasteiger partial charge in [0.05, 0.1) is 23.7 Å². The van der Waals surface area contributed by atoms with Gasteiger partial charge in [0.2, 0.25) is 5.88 Å². The average Bonchev–Trinajstić information content (AvgIpc) is 3.33. The smallest absolute Gasteiger partial charge is 0.350 e. The number of hydrogen-bond acceptors (Lipinski definition) is 5. The Hall–Kier alpha value is -3.88. The second-order valence-electron chi connectivity index (χ2n) is 8.37. The molecule has 0 N–H and O–H groups in total. The van der Waals surface area contributed by atoms with Crippen molar-refractivity contribution in [1.82, 2.24) is 29.0 Å². The Labute approximate surface area is 190 Å².